The molecule has 0 unspecified atom stereocenters. The summed E-state index contributed by atoms with van der Waals surface area (Å²) in [4.78, 5) is 19.3. The fourth-order valence-corrected chi connectivity index (χ4v) is 1.67. The van der Waals surface area contributed by atoms with E-state index in [1.165, 1.54) is 0 Å². The molecule has 0 saturated heterocycles. The van der Waals surface area contributed by atoms with E-state index in [2.05, 4.69) is 0 Å². The first-order valence-electron chi connectivity index (χ1n) is 3.62. The molecule has 1 rings (SSSR count). The van der Waals surface area contributed by atoms with Crippen LogP contribution in [0.3, 0.4) is 0 Å². The Balaban J connectivity index is 3.54. The minimum Gasteiger partial charge on any atom is -0.298 e. The van der Waals surface area contributed by atoms with E-state index >= 15 is 0 Å². The first kappa shape index (κ1) is 11.3. The van der Waals surface area contributed by atoms with Crippen LogP contribution < -0.4 is 5.14 Å². The van der Waals surface area contributed by atoms with E-state index in [-0.39, 0.29) is 5.56 Å². The fraction of sp³-hybridized carbons (Fsp3) is 0. The van der Waals surface area contributed by atoms with Crippen LogP contribution in [0.2, 0.25) is 0 Å². The summed E-state index contributed by atoms with van der Waals surface area (Å²) < 4.78 is 21.9. The van der Waals surface area contributed by atoms with E-state index in [0.717, 1.165) is 18.2 Å². The molecule has 0 spiro atoms. The van der Waals surface area contributed by atoms with Crippen LogP contribution in [0.25, 0.3) is 0 Å². The quantitative estimate of drug-likeness (QED) is 0.447. The first-order chi connectivity index (χ1) is 6.86. The van der Waals surface area contributed by atoms with Gasteiger partial charge in [0.05, 0.1) is 4.92 Å². The summed E-state index contributed by atoms with van der Waals surface area (Å²) in [6.45, 7) is 0. The molecule has 0 aliphatic carbocycles. The molecule has 7 nitrogen and oxygen atoms in total. The van der Waals surface area contributed by atoms with Gasteiger partial charge in [-0.3, -0.25) is 14.9 Å². The highest BCUT2D eigenvalue weighted by atomic mass is 32.2. The van der Waals surface area contributed by atoms with Gasteiger partial charge in [0.15, 0.2) is 4.90 Å². The molecule has 15 heavy (non-hydrogen) atoms. The number of nitrogens with two attached hydrogens (primary N) is 1. The van der Waals surface area contributed by atoms with Crippen molar-refractivity contribution >= 4 is 22.0 Å². The number of carbonyl (C=O) groups is 1. The average molecular weight is 230 g/mol. The number of carbonyl (C=O) groups excluding carboxylic acids is 1. The maximum absolute atomic E-state index is 10.9. The SMILES string of the molecule is NS(=O)(=O)c1ccc(C=O)cc1[N+](=O)[O-]. The van der Waals surface area contributed by atoms with E-state index in [1.54, 1.807) is 0 Å². The van der Waals surface area contributed by atoms with Gasteiger partial charge in [-0.25, -0.2) is 13.6 Å². The van der Waals surface area contributed by atoms with Crippen molar-refractivity contribution < 1.29 is 18.1 Å². The summed E-state index contributed by atoms with van der Waals surface area (Å²) in [5, 5.41) is 15.3. The summed E-state index contributed by atoms with van der Waals surface area (Å²) >= 11 is 0. The maximum Gasteiger partial charge on any atom is 0.290 e. The fourth-order valence-electron chi connectivity index (χ4n) is 0.991. The highest BCUT2D eigenvalue weighted by Gasteiger charge is 2.22. The molecule has 0 aliphatic heterocycles. The van der Waals surface area contributed by atoms with Crippen LogP contribution in [0.4, 0.5) is 5.69 Å². The molecular formula is C7H6N2O5S. The minimum atomic E-state index is -4.16. The zero-order chi connectivity index (χ0) is 11.6. The Morgan fingerprint density at radius 1 is 1.40 bits per heavy atom. The van der Waals surface area contributed by atoms with Gasteiger partial charge in [0.1, 0.15) is 6.29 Å². The second-order valence-corrected chi connectivity index (χ2v) is 4.18. The third-order valence-electron chi connectivity index (χ3n) is 1.62. The predicted molar refractivity (Wildman–Crippen MR) is 49.9 cm³/mol. The monoisotopic (exact) mass is 230 g/mol. The number of sulfonamides is 1. The Hall–Kier alpha value is -1.80. The van der Waals surface area contributed by atoms with Gasteiger partial charge in [-0.1, -0.05) is 0 Å². The Bertz CT molecular complexity index is 522. The molecule has 1 aromatic rings. The zero-order valence-electron chi connectivity index (χ0n) is 7.28. The lowest BCUT2D eigenvalue weighted by atomic mass is 10.2. The van der Waals surface area contributed by atoms with E-state index in [0.29, 0.717) is 6.29 Å². The molecule has 8 heteroatoms. The van der Waals surface area contributed by atoms with Gasteiger partial charge in [-0.05, 0) is 12.1 Å². The lowest BCUT2D eigenvalue weighted by Gasteiger charge is -2.00. The average Bonchev–Trinajstić information content (AvgIpc) is 2.15. The van der Waals surface area contributed by atoms with Gasteiger partial charge in [0.2, 0.25) is 10.0 Å². The van der Waals surface area contributed by atoms with Gasteiger partial charge in [0.25, 0.3) is 5.69 Å². The molecule has 0 amide bonds. The number of nitro benzene ring substituents is 1. The standard InChI is InChI=1S/C7H6N2O5S/c8-15(13,14)7-2-1-5(4-10)3-6(7)9(11)12/h1-4H,(H2,8,13,14). The van der Waals surface area contributed by atoms with Gasteiger partial charge in [-0.15, -0.1) is 0 Å². The third kappa shape index (κ3) is 2.36. The normalized spacial score (nSPS) is 11.0. The summed E-state index contributed by atoms with van der Waals surface area (Å²) in [5.74, 6) is 0. The predicted octanol–water partition coefficient (Wildman–Crippen LogP) is 0.0547. The number of hydrogen-bond acceptors (Lipinski definition) is 5. The Labute approximate surface area is 84.7 Å². The highest BCUT2D eigenvalue weighted by Crippen LogP contribution is 2.23. The van der Waals surface area contributed by atoms with Crippen molar-refractivity contribution in [1.29, 1.82) is 0 Å². The number of primary sulfonamides is 1. The molecular weight excluding hydrogens is 224 g/mol. The van der Waals surface area contributed by atoms with Gasteiger partial charge < -0.3 is 0 Å². The van der Waals surface area contributed by atoms with Crippen molar-refractivity contribution in [3.63, 3.8) is 0 Å². The number of nitro groups is 1. The lowest BCUT2D eigenvalue weighted by Crippen LogP contribution is -2.14. The third-order valence-corrected chi connectivity index (χ3v) is 2.58. The van der Waals surface area contributed by atoms with Crippen molar-refractivity contribution in [2.45, 2.75) is 4.90 Å². The van der Waals surface area contributed by atoms with Crippen LogP contribution in [0, 0.1) is 10.1 Å². The molecule has 0 aliphatic rings. The largest absolute Gasteiger partial charge is 0.298 e. The molecule has 0 heterocycles. The lowest BCUT2D eigenvalue weighted by molar-refractivity contribution is -0.387. The van der Waals surface area contributed by atoms with E-state index < -0.39 is 25.5 Å². The molecule has 80 valence electrons. The van der Waals surface area contributed by atoms with Crippen LogP contribution in [-0.4, -0.2) is 19.6 Å². The number of rotatable bonds is 3. The molecule has 0 aromatic heterocycles. The molecule has 0 radical (unpaired) electrons. The van der Waals surface area contributed by atoms with Crippen molar-refractivity contribution in [1.82, 2.24) is 0 Å². The van der Waals surface area contributed by atoms with Gasteiger partial charge in [-0.2, -0.15) is 0 Å². The van der Waals surface area contributed by atoms with Crippen molar-refractivity contribution in [2.75, 3.05) is 0 Å². The second-order valence-electron chi connectivity index (χ2n) is 2.65. The Morgan fingerprint density at radius 2 is 2.00 bits per heavy atom. The van der Waals surface area contributed by atoms with Crippen molar-refractivity contribution in [3.05, 3.63) is 33.9 Å². The number of benzene rings is 1. The van der Waals surface area contributed by atoms with Crippen molar-refractivity contribution in [2.24, 2.45) is 5.14 Å². The van der Waals surface area contributed by atoms with Gasteiger partial charge in [0, 0.05) is 11.6 Å². The number of hydrogen-bond donors (Lipinski definition) is 1. The van der Waals surface area contributed by atoms with E-state index in [9.17, 15) is 23.3 Å². The van der Waals surface area contributed by atoms with Crippen LogP contribution >= 0.6 is 0 Å². The molecule has 0 atom stereocenters. The van der Waals surface area contributed by atoms with Crippen LogP contribution in [0.15, 0.2) is 23.1 Å². The zero-order valence-corrected chi connectivity index (χ0v) is 8.10. The van der Waals surface area contributed by atoms with Crippen LogP contribution in [0.5, 0.6) is 0 Å². The Kier molecular flexibility index (Phi) is 2.82. The number of nitrogens with zero attached hydrogens (tertiary/aromatic N) is 1. The smallest absolute Gasteiger partial charge is 0.290 e. The second kappa shape index (κ2) is 3.75. The van der Waals surface area contributed by atoms with Crippen LogP contribution in [-0.2, 0) is 10.0 Å². The molecule has 0 bridgehead atoms. The molecule has 0 fully saturated rings. The van der Waals surface area contributed by atoms with Crippen LogP contribution in [0.1, 0.15) is 10.4 Å². The summed E-state index contributed by atoms with van der Waals surface area (Å²) in [7, 11) is -4.16. The van der Waals surface area contributed by atoms with Gasteiger partial charge >= 0.3 is 0 Å². The number of aldehydes is 1. The van der Waals surface area contributed by atoms with E-state index in [1.807, 2.05) is 0 Å². The Morgan fingerprint density at radius 3 is 2.40 bits per heavy atom. The van der Waals surface area contributed by atoms with E-state index in [4.69, 9.17) is 5.14 Å². The first-order valence-corrected chi connectivity index (χ1v) is 5.17. The highest BCUT2D eigenvalue weighted by molar-refractivity contribution is 7.89. The molecule has 1 aromatic carbocycles. The molecule has 0 saturated carbocycles. The topological polar surface area (TPSA) is 120 Å². The summed E-state index contributed by atoms with van der Waals surface area (Å²) in [6, 6.07) is 2.92. The summed E-state index contributed by atoms with van der Waals surface area (Å²) in [6.07, 6.45) is 0.375. The molecule has 2 N–H and O–H groups in total. The maximum atomic E-state index is 10.9. The minimum absolute atomic E-state index is 0.00843. The van der Waals surface area contributed by atoms with Crippen molar-refractivity contribution in [3.8, 4) is 0 Å². The summed E-state index contributed by atoms with van der Waals surface area (Å²) in [5.41, 5.74) is -0.698.